The van der Waals surface area contributed by atoms with Gasteiger partial charge in [-0.2, -0.15) is 9.57 Å². The van der Waals surface area contributed by atoms with E-state index in [-0.39, 0.29) is 36.6 Å². The van der Waals surface area contributed by atoms with Crippen LogP contribution >= 0.6 is 0 Å². The molecule has 11 heteroatoms. The number of carbonyl (C=O) groups is 2. The topological polar surface area (TPSA) is 111 Å². The first-order valence-electron chi connectivity index (χ1n) is 10.6. The van der Waals surface area contributed by atoms with E-state index in [1.807, 2.05) is 6.07 Å². The van der Waals surface area contributed by atoms with E-state index in [0.29, 0.717) is 0 Å². The Morgan fingerprint density at radius 3 is 2.15 bits per heavy atom. The number of sulfonamides is 1. The molecule has 0 saturated carbocycles. The highest BCUT2D eigenvalue weighted by molar-refractivity contribution is 7.89. The van der Waals surface area contributed by atoms with Crippen molar-refractivity contribution in [2.75, 3.05) is 26.2 Å². The van der Waals surface area contributed by atoms with Crippen LogP contribution in [0.3, 0.4) is 0 Å². The summed E-state index contributed by atoms with van der Waals surface area (Å²) < 4.78 is 55.1. The van der Waals surface area contributed by atoms with Crippen LogP contribution in [0, 0.1) is 28.9 Å². The molecule has 1 aliphatic rings. The zero-order valence-corrected chi connectivity index (χ0v) is 19.5. The lowest BCUT2D eigenvalue weighted by molar-refractivity contribution is -0.135. The largest absolute Gasteiger partial charge is 0.340 e. The summed E-state index contributed by atoms with van der Waals surface area (Å²) in [5.41, 5.74) is -0.739. The van der Waals surface area contributed by atoms with Crippen LogP contribution in [0.15, 0.2) is 47.4 Å². The minimum Gasteiger partial charge on any atom is -0.340 e. The number of benzene rings is 2. The highest BCUT2D eigenvalue weighted by atomic mass is 32.2. The lowest BCUT2D eigenvalue weighted by Gasteiger charge is -2.36. The van der Waals surface area contributed by atoms with Crippen LogP contribution < -0.4 is 5.32 Å². The van der Waals surface area contributed by atoms with Crippen molar-refractivity contribution in [2.24, 2.45) is 5.92 Å². The van der Waals surface area contributed by atoms with Gasteiger partial charge in [0.1, 0.15) is 29.3 Å². The van der Waals surface area contributed by atoms with E-state index in [4.69, 9.17) is 0 Å². The van der Waals surface area contributed by atoms with Crippen molar-refractivity contribution < 1.29 is 26.8 Å². The Morgan fingerprint density at radius 1 is 1.00 bits per heavy atom. The van der Waals surface area contributed by atoms with Crippen LogP contribution in [0.2, 0.25) is 0 Å². The van der Waals surface area contributed by atoms with Crippen molar-refractivity contribution in [1.29, 1.82) is 5.26 Å². The monoisotopic (exact) mass is 490 g/mol. The normalized spacial score (nSPS) is 15.6. The third-order valence-electron chi connectivity index (χ3n) is 5.58. The molecule has 0 radical (unpaired) electrons. The second kappa shape index (κ2) is 10.3. The van der Waals surface area contributed by atoms with Crippen LogP contribution in [0.1, 0.15) is 29.8 Å². The highest BCUT2D eigenvalue weighted by Gasteiger charge is 2.35. The molecule has 34 heavy (non-hydrogen) atoms. The Balaban J connectivity index is 1.72. The fourth-order valence-corrected chi connectivity index (χ4v) is 5.27. The number of piperazine rings is 1. The van der Waals surface area contributed by atoms with E-state index < -0.39 is 51.0 Å². The van der Waals surface area contributed by atoms with Crippen molar-refractivity contribution in [3.8, 4) is 6.07 Å². The predicted molar refractivity (Wildman–Crippen MR) is 119 cm³/mol. The number of halogens is 2. The number of carbonyl (C=O) groups excluding carboxylic acids is 2. The number of amides is 2. The van der Waals surface area contributed by atoms with Gasteiger partial charge in [-0.15, -0.1) is 0 Å². The van der Waals surface area contributed by atoms with E-state index in [0.717, 1.165) is 18.2 Å². The molecule has 180 valence electrons. The number of nitrogens with one attached hydrogen (secondary N) is 1. The fourth-order valence-electron chi connectivity index (χ4n) is 3.71. The molecule has 0 aromatic heterocycles. The van der Waals surface area contributed by atoms with Crippen LogP contribution in [0.4, 0.5) is 8.78 Å². The van der Waals surface area contributed by atoms with Crippen LogP contribution in [0.25, 0.3) is 0 Å². The van der Waals surface area contributed by atoms with Crippen LogP contribution in [0.5, 0.6) is 0 Å². The molecule has 3 rings (SSSR count). The van der Waals surface area contributed by atoms with Gasteiger partial charge in [-0.25, -0.2) is 17.2 Å². The van der Waals surface area contributed by atoms with Gasteiger partial charge in [0.25, 0.3) is 5.91 Å². The van der Waals surface area contributed by atoms with Gasteiger partial charge in [0.05, 0.1) is 10.5 Å². The summed E-state index contributed by atoms with van der Waals surface area (Å²) in [7, 11) is -3.94. The molecule has 1 atom stereocenters. The van der Waals surface area contributed by atoms with Crippen LogP contribution in [-0.4, -0.2) is 61.7 Å². The lowest BCUT2D eigenvalue weighted by Crippen LogP contribution is -2.57. The van der Waals surface area contributed by atoms with Gasteiger partial charge in [-0.05, 0) is 30.2 Å². The molecular formula is C23H24F2N4O4S. The van der Waals surface area contributed by atoms with E-state index in [1.54, 1.807) is 19.9 Å². The third kappa shape index (κ3) is 5.08. The van der Waals surface area contributed by atoms with Gasteiger partial charge in [0.2, 0.25) is 15.9 Å². The van der Waals surface area contributed by atoms with E-state index >= 15 is 0 Å². The minimum atomic E-state index is -3.94. The molecule has 1 heterocycles. The van der Waals surface area contributed by atoms with E-state index in [2.05, 4.69) is 5.32 Å². The summed E-state index contributed by atoms with van der Waals surface area (Å²) in [6, 6.07) is 9.73. The van der Waals surface area contributed by atoms with Gasteiger partial charge in [-0.1, -0.05) is 32.0 Å². The fraction of sp³-hybridized carbons (Fsp3) is 0.348. The lowest BCUT2D eigenvalue weighted by atomic mass is 10.0. The number of nitriles is 1. The molecule has 0 aliphatic carbocycles. The molecular weight excluding hydrogens is 466 g/mol. The zero-order chi connectivity index (χ0) is 25.0. The second-order valence-corrected chi connectivity index (χ2v) is 10.0. The summed E-state index contributed by atoms with van der Waals surface area (Å²) in [5.74, 6) is -3.99. The summed E-state index contributed by atoms with van der Waals surface area (Å²) in [6.45, 7) is 3.46. The van der Waals surface area contributed by atoms with Gasteiger partial charge < -0.3 is 10.2 Å². The Bertz CT molecular complexity index is 1220. The molecule has 0 unspecified atom stereocenters. The summed E-state index contributed by atoms with van der Waals surface area (Å²) in [5, 5.41) is 11.6. The molecule has 0 bridgehead atoms. The molecule has 1 aliphatic heterocycles. The first kappa shape index (κ1) is 25.3. The molecule has 1 fully saturated rings. The Labute approximate surface area is 196 Å². The molecule has 2 aromatic carbocycles. The SMILES string of the molecule is CC(C)[C@H](NC(=O)c1c(F)cccc1F)C(=O)N1CCN(S(=O)(=O)c2ccccc2C#N)CC1. The average molecular weight is 491 g/mol. The van der Waals surface area contributed by atoms with Gasteiger partial charge in [-0.3, -0.25) is 9.59 Å². The maximum absolute atomic E-state index is 14.0. The number of rotatable bonds is 6. The maximum Gasteiger partial charge on any atom is 0.257 e. The van der Waals surface area contributed by atoms with Gasteiger partial charge >= 0.3 is 0 Å². The molecule has 2 aromatic rings. The van der Waals surface area contributed by atoms with E-state index in [9.17, 15) is 32.0 Å². The number of hydrogen-bond acceptors (Lipinski definition) is 5. The van der Waals surface area contributed by atoms with E-state index in [1.165, 1.54) is 27.4 Å². The maximum atomic E-state index is 14.0. The molecule has 8 nitrogen and oxygen atoms in total. The first-order chi connectivity index (χ1) is 16.1. The summed E-state index contributed by atoms with van der Waals surface area (Å²) in [4.78, 5) is 26.9. The first-order valence-corrected chi connectivity index (χ1v) is 12.0. The summed E-state index contributed by atoms with van der Waals surface area (Å²) >= 11 is 0. The minimum absolute atomic E-state index is 0.00542. The molecule has 2 amide bonds. The zero-order valence-electron chi connectivity index (χ0n) is 18.7. The number of nitrogens with zero attached hydrogens (tertiary/aromatic N) is 3. The van der Waals surface area contributed by atoms with Crippen molar-refractivity contribution in [1.82, 2.24) is 14.5 Å². The van der Waals surface area contributed by atoms with Gasteiger partial charge in [0.15, 0.2) is 0 Å². The quantitative estimate of drug-likeness (QED) is 0.667. The molecule has 0 spiro atoms. The smallest absolute Gasteiger partial charge is 0.257 e. The molecule has 1 N–H and O–H groups in total. The van der Waals surface area contributed by atoms with Gasteiger partial charge in [0, 0.05) is 26.2 Å². The van der Waals surface area contributed by atoms with Crippen molar-refractivity contribution in [2.45, 2.75) is 24.8 Å². The Kier molecular flexibility index (Phi) is 7.64. The Morgan fingerprint density at radius 2 is 1.59 bits per heavy atom. The summed E-state index contributed by atoms with van der Waals surface area (Å²) in [6.07, 6.45) is 0. The van der Waals surface area contributed by atoms with Crippen LogP contribution in [-0.2, 0) is 14.8 Å². The predicted octanol–water partition coefficient (Wildman–Crippen LogP) is 2.12. The third-order valence-corrected chi connectivity index (χ3v) is 7.54. The standard InChI is InChI=1S/C23H24F2N4O4S/c1-15(2)21(27-22(30)20-17(24)7-5-8-18(20)25)23(31)28-10-12-29(13-11-28)34(32,33)19-9-4-3-6-16(19)14-26/h3-9,15,21H,10-13H2,1-2H3,(H,27,30)/t21-/m0/s1. The highest BCUT2D eigenvalue weighted by Crippen LogP contribution is 2.22. The number of hydrogen-bond donors (Lipinski definition) is 1. The second-order valence-electron chi connectivity index (χ2n) is 8.13. The van der Waals surface area contributed by atoms with Crippen molar-refractivity contribution in [3.63, 3.8) is 0 Å². The molecule has 1 saturated heterocycles. The van der Waals surface area contributed by atoms with Crippen molar-refractivity contribution in [3.05, 3.63) is 65.2 Å². The Hall–Kier alpha value is -3.36. The van der Waals surface area contributed by atoms with Crippen molar-refractivity contribution >= 4 is 21.8 Å². The average Bonchev–Trinajstić information content (AvgIpc) is 2.81.